The van der Waals surface area contributed by atoms with Crippen LogP contribution in [0.2, 0.25) is 0 Å². The summed E-state index contributed by atoms with van der Waals surface area (Å²) >= 11 is 3.19. The van der Waals surface area contributed by atoms with E-state index >= 15 is 0 Å². The molecular weight excluding hydrogens is 287 g/mol. The number of ether oxygens (including phenoxy) is 1. The van der Waals surface area contributed by atoms with Crippen LogP contribution < -0.4 is 0 Å². The molecule has 1 aromatic rings. The molecule has 1 aromatic carbocycles. The van der Waals surface area contributed by atoms with Crippen molar-refractivity contribution in [3.05, 3.63) is 34.1 Å². The monoisotopic (exact) mass is 304 g/mol. The van der Waals surface area contributed by atoms with E-state index in [4.69, 9.17) is 4.74 Å². The van der Waals surface area contributed by atoms with Crippen LogP contribution in [0.15, 0.2) is 22.7 Å². The summed E-state index contributed by atoms with van der Waals surface area (Å²) in [5, 5.41) is 9.82. The van der Waals surface area contributed by atoms with Crippen molar-refractivity contribution in [2.45, 2.75) is 32.3 Å². The Morgan fingerprint density at radius 3 is 2.94 bits per heavy atom. The van der Waals surface area contributed by atoms with Gasteiger partial charge in [-0.05, 0) is 53.7 Å². The summed E-state index contributed by atoms with van der Waals surface area (Å²) in [5.41, 5.74) is 0.800. The van der Waals surface area contributed by atoms with Gasteiger partial charge in [-0.25, -0.2) is 4.39 Å². The fraction of sp³-hybridized carbons (Fsp3) is 0.538. The van der Waals surface area contributed by atoms with Crippen molar-refractivity contribution in [1.82, 2.24) is 0 Å². The summed E-state index contributed by atoms with van der Waals surface area (Å²) in [4.78, 5) is 0. The van der Waals surface area contributed by atoms with Crippen molar-refractivity contribution in [3.63, 3.8) is 0 Å². The molecule has 2 nitrogen and oxygen atoms in total. The van der Waals surface area contributed by atoms with E-state index in [0.717, 1.165) is 12.0 Å². The van der Waals surface area contributed by atoms with E-state index in [0.29, 0.717) is 30.5 Å². The second-order valence-electron chi connectivity index (χ2n) is 3.91. The fourth-order valence-electron chi connectivity index (χ4n) is 1.63. The highest BCUT2D eigenvalue weighted by Gasteiger charge is 2.10. The van der Waals surface area contributed by atoms with Crippen LogP contribution in [-0.2, 0) is 11.2 Å². The molecule has 0 radical (unpaired) electrons. The van der Waals surface area contributed by atoms with E-state index in [1.807, 2.05) is 13.0 Å². The highest BCUT2D eigenvalue weighted by atomic mass is 79.9. The van der Waals surface area contributed by atoms with Gasteiger partial charge in [0, 0.05) is 13.2 Å². The molecule has 17 heavy (non-hydrogen) atoms. The van der Waals surface area contributed by atoms with Crippen LogP contribution in [0.25, 0.3) is 0 Å². The smallest absolute Gasteiger partial charge is 0.137 e. The number of benzene rings is 1. The zero-order chi connectivity index (χ0) is 12.7. The summed E-state index contributed by atoms with van der Waals surface area (Å²) in [6.07, 6.45) is 1.50. The highest BCUT2D eigenvalue weighted by Crippen LogP contribution is 2.22. The highest BCUT2D eigenvalue weighted by molar-refractivity contribution is 9.10. The standard InChI is InChI=1S/C13H18BrFO2/c1-2-17-8-4-6-11(16)9-10-5-3-7-12(15)13(10)14/h3,5,7,11,16H,2,4,6,8-9H2,1H3. The molecule has 4 heteroatoms. The Balaban J connectivity index is 2.39. The third-order valence-electron chi connectivity index (χ3n) is 2.52. The molecule has 0 aliphatic carbocycles. The van der Waals surface area contributed by atoms with E-state index in [9.17, 15) is 9.50 Å². The second kappa shape index (κ2) is 7.80. The summed E-state index contributed by atoms with van der Waals surface area (Å²) in [6.45, 7) is 3.31. The normalized spacial score (nSPS) is 12.7. The molecule has 1 rings (SSSR count). The average Bonchev–Trinajstić information content (AvgIpc) is 2.31. The summed E-state index contributed by atoms with van der Waals surface area (Å²) in [7, 11) is 0. The molecule has 0 aromatic heterocycles. The summed E-state index contributed by atoms with van der Waals surface area (Å²) in [5.74, 6) is -0.288. The van der Waals surface area contributed by atoms with Gasteiger partial charge < -0.3 is 9.84 Å². The molecular formula is C13H18BrFO2. The number of rotatable bonds is 7. The van der Waals surface area contributed by atoms with Gasteiger partial charge in [0.25, 0.3) is 0 Å². The molecule has 96 valence electrons. The van der Waals surface area contributed by atoms with Crippen LogP contribution in [-0.4, -0.2) is 24.4 Å². The Bertz CT molecular complexity index is 344. The van der Waals surface area contributed by atoms with Crippen molar-refractivity contribution in [1.29, 1.82) is 0 Å². The van der Waals surface area contributed by atoms with Gasteiger partial charge in [0.1, 0.15) is 5.82 Å². The number of hydrogen-bond acceptors (Lipinski definition) is 2. The minimum Gasteiger partial charge on any atom is -0.393 e. The Kier molecular flexibility index (Phi) is 6.70. The van der Waals surface area contributed by atoms with E-state index in [1.165, 1.54) is 6.07 Å². The quantitative estimate of drug-likeness (QED) is 0.783. The maximum Gasteiger partial charge on any atom is 0.137 e. The van der Waals surface area contributed by atoms with Crippen LogP contribution in [0, 0.1) is 5.82 Å². The topological polar surface area (TPSA) is 29.5 Å². The molecule has 1 unspecified atom stereocenters. The minimum atomic E-state index is -0.450. The maximum absolute atomic E-state index is 13.2. The maximum atomic E-state index is 13.2. The van der Waals surface area contributed by atoms with Gasteiger partial charge in [-0.15, -0.1) is 0 Å². The SMILES string of the molecule is CCOCCCC(O)Cc1cccc(F)c1Br. The van der Waals surface area contributed by atoms with Gasteiger partial charge in [0.15, 0.2) is 0 Å². The Morgan fingerprint density at radius 2 is 2.24 bits per heavy atom. The Morgan fingerprint density at radius 1 is 1.47 bits per heavy atom. The largest absolute Gasteiger partial charge is 0.393 e. The number of aliphatic hydroxyl groups excluding tert-OH is 1. The van der Waals surface area contributed by atoms with Crippen LogP contribution >= 0.6 is 15.9 Å². The van der Waals surface area contributed by atoms with Crippen molar-refractivity contribution >= 4 is 15.9 Å². The molecule has 1 atom stereocenters. The molecule has 0 amide bonds. The molecule has 0 heterocycles. The van der Waals surface area contributed by atoms with E-state index < -0.39 is 6.10 Å². The predicted molar refractivity (Wildman–Crippen MR) is 69.5 cm³/mol. The molecule has 0 saturated heterocycles. The predicted octanol–water partition coefficient (Wildman–Crippen LogP) is 3.31. The third kappa shape index (κ3) is 5.15. The lowest BCUT2D eigenvalue weighted by molar-refractivity contribution is 0.114. The first-order valence-corrected chi connectivity index (χ1v) is 6.63. The van der Waals surface area contributed by atoms with E-state index in [2.05, 4.69) is 15.9 Å². The molecule has 0 fully saturated rings. The van der Waals surface area contributed by atoms with Crippen LogP contribution in [0.4, 0.5) is 4.39 Å². The molecule has 0 aliphatic heterocycles. The lowest BCUT2D eigenvalue weighted by Crippen LogP contribution is -2.12. The van der Waals surface area contributed by atoms with Gasteiger partial charge in [0.05, 0.1) is 10.6 Å². The van der Waals surface area contributed by atoms with Gasteiger partial charge >= 0.3 is 0 Å². The Hall–Kier alpha value is -0.450. The molecule has 0 bridgehead atoms. The molecule has 1 N–H and O–H groups in total. The van der Waals surface area contributed by atoms with Gasteiger partial charge in [-0.1, -0.05) is 12.1 Å². The number of halogens is 2. The van der Waals surface area contributed by atoms with Crippen molar-refractivity contribution in [3.8, 4) is 0 Å². The van der Waals surface area contributed by atoms with Gasteiger partial charge in [0.2, 0.25) is 0 Å². The lowest BCUT2D eigenvalue weighted by atomic mass is 10.0. The van der Waals surface area contributed by atoms with Crippen LogP contribution in [0.3, 0.4) is 0 Å². The molecule has 0 aliphatic rings. The van der Waals surface area contributed by atoms with Crippen molar-refractivity contribution < 1.29 is 14.2 Å². The average molecular weight is 305 g/mol. The lowest BCUT2D eigenvalue weighted by Gasteiger charge is -2.12. The molecule has 0 saturated carbocycles. The second-order valence-corrected chi connectivity index (χ2v) is 4.70. The zero-order valence-electron chi connectivity index (χ0n) is 9.96. The third-order valence-corrected chi connectivity index (χ3v) is 3.41. The first kappa shape index (κ1) is 14.6. The van der Waals surface area contributed by atoms with Gasteiger partial charge in [-0.3, -0.25) is 0 Å². The number of hydrogen-bond donors (Lipinski definition) is 1. The number of aliphatic hydroxyl groups is 1. The fourth-order valence-corrected chi connectivity index (χ4v) is 2.05. The van der Waals surface area contributed by atoms with Crippen molar-refractivity contribution in [2.24, 2.45) is 0 Å². The van der Waals surface area contributed by atoms with E-state index in [1.54, 1.807) is 6.07 Å². The Labute approximate surface area is 110 Å². The summed E-state index contributed by atoms with van der Waals surface area (Å²) in [6, 6.07) is 4.87. The van der Waals surface area contributed by atoms with E-state index in [-0.39, 0.29) is 5.82 Å². The zero-order valence-corrected chi connectivity index (χ0v) is 11.5. The first-order chi connectivity index (χ1) is 8.15. The van der Waals surface area contributed by atoms with Crippen LogP contribution in [0.1, 0.15) is 25.3 Å². The first-order valence-electron chi connectivity index (χ1n) is 5.83. The minimum absolute atomic E-state index is 0.288. The van der Waals surface area contributed by atoms with Crippen molar-refractivity contribution in [2.75, 3.05) is 13.2 Å². The molecule has 0 spiro atoms. The van der Waals surface area contributed by atoms with Gasteiger partial charge in [-0.2, -0.15) is 0 Å². The summed E-state index contributed by atoms with van der Waals surface area (Å²) < 4.78 is 18.9. The van der Waals surface area contributed by atoms with Crippen LogP contribution in [0.5, 0.6) is 0 Å².